The molecule has 0 aromatic heterocycles. The fraction of sp³-hybridized carbons (Fsp3) is 0.286. The van der Waals surface area contributed by atoms with Crippen LogP contribution in [0.4, 0.5) is 13.2 Å². The fourth-order valence-corrected chi connectivity index (χ4v) is 2.72. The lowest BCUT2D eigenvalue weighted by Crippen LogP contribution is -2.28. The molecule has 1 unspecified atom stereocenters. The molecular formula is C14H12F3N. The van der Waals surface area contributed by atoms with Gasteiger partial charge < -0.3 is 5.73 Å². The predicted molar refractivity (Wildman–Crippen MR) is 64.3 cm³/mol. The quantitative estimate of drug-likeness (QED) is 0.824. The zero-order chi connectivity index (χ0) is 12.9. The molecule has 2 N–H and O–H groups in total. The van der Waals surface area contributed by atoms with Crippen LogP contribution in [-0.4, -0.2) is 6.18 Å². The van der Waals surface area contributed by atoms with Crippen molar-refractivity contribution in [3.05, 3.63) is 47.0 Å². The minimum Gasteiger partial charge on any atom is -0.316 e. The Morgan fingerprint density at radius 1 is 1.00 bits per heavy atom. The zero-order valence-electron chi connectivity index (χ0n) is 9.59. The number of nitrogens with two attached hydrogens (primary N) is 1. The first-order valence-electron chi connectivity index (χ1n) is 5.84. The topological polar surface area (TPSA) is 26.0 Å². The van der Waals surface area contributed by atoms with E-state index in [0.717, 1.165) is 29.4 Å². The van der Waals surface area contributed by atoms with Crippen molar-refractivity contribution in [2.24, 2.45) is 5.73 Å². The molecule has 4 heteroatoms. The standard InChI is InChI=1S/C14H12F3N/c15-14(16,17)13(18)11-7-6-9-5-4-8-2-1-3-10(11)12(8)9/h1-3,6-7,13H,4-5,18H2. The van der Waals surface area contributed by atoms with Crippen molar-refractivity contribution in [3.63, 3.8) is 0 Å². The van der Waals surface area contributed by atoms with E-state index in [1.165, 1.54) is 6.07 Å². The van der Waals surface area contributed by atoms with Crippen LogP contribution in [0, 0.1) is 0 Å². The maximum absolute atomic E-state index is 12.8. The monoisotopic (exact) mass is 251 g/mol. The Kier molecular flexibility index (Phi) is 2.38. The molecule has 0 bridgehead atoms. The number of hydrogen-bond donors (Lipinski definition) is 1. The van der Waals surface area contributed by atoms with Crippen LogP contribution in [0.5, 0.6) is 0 Å². The highest BCUT2D eigenvalue weighted by atomic mass is 19.4. The molecule has 0 aliphatic heterocycles. The molecule has 1 aliphatic carbocycles. The molecule has 1 atom stereocenters. The van der Waals surface area contributed by atoms with Crippen molar-refractivity contribution in [2.75, 3.05) is 0 Å². The highest BCUT2D eigenvalue weighted by Gasteiger charge is 2.39. The smallest absolute Gasteiger partial charge is 0.316 e. The van der Waals surface area contributed by atoms with Crippen LogP contribution < -0.4 is 5.73 Å². The second-order valence-electron chi connectivity index (χ2n) is 4.67. The van der Waals surface area contributed by atoms with Crippen LogP contribution in [0.15, 0.2) is 30.3 Å². The predicted octanol–water partition coefficient (Wildman–Crippen LogP) is 3.50. The zero-order valence-corrected chi connectivity index (χ0v) is 9.59. The maximum Gasteiger partial charge on any atom is 0.407 e. The summed E-state index contributed by atoms with van der Waals surface area (Å²) in [4.78, 5) is 0. The van der Waals surface area contributed by atoms with Crippen molar-refractivity contribution in [2.45, 2.75) is 25.1 Å². The fourth-order valence-electron chi connectivity index (χ4n) is 2.72. The van der Waals surface area contributed by atoms with Crippen molar-refractivity contribution >= 4 is 10.8 Å². The Labute approximate surface area is 102 Å². The minimum atomic E-state index is -4.40. The van der Waals surface area contributed by atoms with Crippen LogP contribution in [-0.2, 0) is 12.8 Å². The average Bonchev–Trinajstić information content (AvgIpc) is 2.73. The molecule has 2 aromatic carbocycles. The third kappa shape index (κ3) is 1.60. The van der Waals surface area contributed by atoms with E-state index in [0.29, 0.717) is 5.39 Å². The van der Waals surface area contributed by atoms with E-state index in [4.69, 9.17) is 5.73 Å². The summed E-state index contributed by atoms with van der Waals surface area (Å²) in [6.45, 7) is 0. The first-order chi connectivity index (χ1) is 8.48. The summed E-state index contributed by atoms with van der Waals surface area (Å²) >= 11 is 0. The summed E-state index contributed by atoms with van der Waals surface area (Å²) < 4.78 is 38.3. The summed E-state index contributed by atoms with van der Waals surface area (Å²) in [6, 6.07) is 6.89. The van der Waals surface area contributed by atoms with Gasteiger partial charge in [-0.2, -0.15) is 13.2 Å². The van der Waals surface area contributed by atoms with Crippen LogP contribution in [0.1, 0.15) is 22.7 Å². The molecular weight excluding hydrogens is 239 g/mol. The van der Waals surface area contributed by atoms with Gasteiger partial charge in [0.15, 0.2) is 0 Å². The Hall–Kier alpha value is -1.55. The van der Waals surface area contributed by atoms with Crippen molar-refractivity contribution < 1.29 is 13.2 Å². The Balaban J connectivity index is 2.27. The summed E-state index contributed by atoms with van der Waals surface area (Å²) in [5, 5.41) is 1.61. The Morgan fingerprint density at radius 3 is 2.33 bits per heavy atom. The van der Waals surface area contributed by atoms with Gasteiger partial charge in [-0.15, -0.1) is 0 Å². The van der Waals surface area contributed by atoms with Crippen molar-refractivity contribution in [1.82, 2.24) is 0 Å². The second-order valence-corrected chi connectivity index (χ2v) is 4.67. The third-order valence-electron chi connectivity index (χ3n) is 3.60. The first kappa shape index (κ1) is 11.5. The van der Waals surface area contributed by atoms with Gasteiger partial charge in [-0.25, -0.2) is 0 Å². The summed E-state index contributed by atoms with van der Waals surface area (Å²) in [5.41, 5.74) is 7.75. The summed E-state index contributed by atoms with van der Waals surface area (Å²) in [6.07, 6.45) is -2.60. The van der Waals surface area contributed by atoms with Gasteiger partial charge in [0.2, 0.25) is 0 Å². The van der Waals surface area contributed by atoms with Gasteiger partial charge in [-0.05, 0) is 40.3 Å². The summed E-state index contributed by atoms with van der Waals surface area (Å²) in [5.74, 6) is 0. The SMILES string of the molecule is NC(c1ccc2c3c(cccc13)CC2)C(F)(F)F. The maximum atomic E-state index is 12.8. The Bertz CT molecular complexity index is 606. The van der Waals surface area contributed by atoms with Crippen molar-refractivity contribution in [1.29, 1.82) is 0 Å². The number of hydrogen-bond acceptors (Lipinski definition) is 1. The van der Waals surface area contributed by atoms with Gasteiger partial charge >= 0.3 is 6.18 Å². The van der Waals surface area contributed by atoms with E-state index in [1.807, 2.05) is 6.07 Å². The van der Waals surface area contributed by atoms with Crippen LogP contribution in [0.3, 0.4) is 0 Å². The second kappa shape index (κ2) is 3.72. The van der Waals surface area contributed by atoms with Gasteiger partial charge in [0, 0.05) is 0 Å². The van der Waals surface area contributed by atoms with Gasteiger partial charge in [0.05, 0.1) is 0 Å². The highest BCUT2D eigenvalue weighted by Crippen LogP contribution is 2.38. The first-order valence-corrected chi connectivity index (χ1v) is 5.84. The number of halogens is 3. The molecule has 0 fully saturated rings. The van der Waals surface area contributed by atoms with Gasteiger partial charge in [-0.3, -0.25) is 0 Å². The molecule has 0 saturated heterocycles. The molecule has 3 rings (SSSR count). The molecule has 1 aliphatic rings. The lowest BCUT2D eigenvalue weighted by molar-refractivity contribution is -0.148. The number of rotatable bonds is 1. The van der Waals surface area contributed by atoms with Crippen LogP contribution in [0.2, 0.25) is 0 Å². The van der Waals surface area contributed by atoms with E-state index in [1.54, 1.807) is 18.2 Å². The van der Waals surface area contributed by atoms with E-state index >= 15 is 0 Å². The Morgan fingerprint density at radius 2 is 1.67 bits per heavy atom. The van der Waals surface area contributed by atoms with Gasteiger partial charge in [0.1, 0.15) is 6.04 Å². The summed E-state index contributed by atoms with van der Waals surface area (Å²) in [7, 11) is 0. The molecule has 2 aromatic rings. The van der Waals surface area contributed by atoms with E-state index in [2.05, 4.69) is 0 Å². The molecule has 0 saturated carbocycles. The van der Waals surface area contributed by atoms with Crippen LogP contribution in [0.25, 0.3) is 10.8 Å². The third-order valence-corrected chi connectivity index (χ3v) is 3.60. The molecule has 0 radical (unpaired) electrons. The largest absolute Gasteiger partial charge is 0.407 e. The van der Waals surface area contributed by atoms with Gasteiger partial charge in [-0.1, -0.05) is 30.3 Å². The number of alkyl halides is 3. The molecule has 1 nitrogen and oxygen atoms in total. The lowest BCUT2D eigenvalue weighted by atomic mass is 9.96. The molecule has 0 amide bonds. The minimum absolute atomic E-state index is 0.171. The van der Waals surface area contributed by atoms with Crippen LogP contribution >= 0.6 is 0 Å². The molecule has 94 valence electrons. The van der Waals surface area contributed by atoms with Crippen molar-refractivity contribution in [3.8, 4) is 0 Å². The molecule has 0 spiro atoms. The lowest BCUT2D eigenvalue weighted by Gasteiger charge is -2.18. The number of aryl methyl sites for hydroxylation is 2. The van der Waals surface area contributed by atoms with E-state index < -0.39 is 12.2 Å². The highest BCUT2D eigenvalue weighted by molar-refractivity contribution is 5.93. The average molecular weight is 251 g/mol. The van der Waals surface area contributed by atoms with E-state index in [-0.39, 0.29) is 5.56 Å². The van der Waals surface area contributed by atoms with E-state index in [9.17, 15) is 13.2 Å². The number of benzene rings is 2. The molecule has 18 heavy (non-hydrogen) atoms. The molecule has 0 heterocycles. The van der Waals surface area contributed by atoms with Gasteiger partial charge in [0.25, 0.3) is 0 Å². The normalized spacial score (nSPS) is 16.2.